The average molecular weight is 285 g/mol. The monoisotopic (exact) mass is 285 g/mol. The maximum Gasteiger partial charge on any atom is 0.211 e. The van der Waals surface area contributed by atoms with Crippen LogP contribution >= 0.6 is 0 Å². The number of ether oxygens (including phenoxy) is 1. The van der Waals surface area contributed by atoms with Gasteiger partial charge in [-0.05, 0) is 56.4 Å². The zero-order valence-corrected chi connectivity index (χ0v) is 13.1. The van der Waals surface area contributed by atoms with E-state index in [0.717, 1.165) is 28.0 Å². The van der Waals surface area contributed by atoms with Crippen molar-refractivity contribution in [2.45, 2.75) is 34.1 Å². The fraction of sp³-hybridized carbons (Fsp3) is 0.571. The topological polar surface area (TPSA) is 55.4 Å². The number of nitrogens with one attached hydrogen (secondary N) is 1. The second kappa shape index (κ2) is 6.39. The van der Waals surface area contributed by atoms with E-state index in [2.05, 4.69) is 10.8 Å². The normalized spacial score (nSPS) is 11.6. The van der Waals surface area contributed by atoms with Gasteiger partial charge in [-0.3, -0.25) is 0 Å². The van der Waals surface area contributed by atoms with Crippen molar-refractivity contribution in [2.75, 3.05) is 19.4 Å². The lowest BCUT2D eigenvalue weighted by atomic mass is 9.97. The summed E-state index contributed by atoms with van der Waals surface area (Å²) in [6, 6.07) is 2.07. The van der Waals surface area contributed by atoms with Crippen LogP contribution in [0.5, 0.6) is 5.75 Å². The highest BCUT2D eigenvalue weighted by molar-refractivity contribution is 7.89. The van der Waals surface area contributed by atoms with Gasteiger partial charge in [0.25, 0.3) is 0 Å². The fourth-order valence-corrected chi connectivity index (χ4v) is 2.78. The maximum atomic E-state index is 11.4. The first kappa shape index (κ1) is 16.0. The van der Waals surface area contributed by atoms with Crippen molar-refractivity contribution < 1.29 is 13.2 Å². The number of sulfonamides is 1. The van der Waals surface area contributed by atoms with E-state index in [0.29, 0.717) is 13.0 Å². The molecule has 0 aromatic heterocycles. The van der Waals surface area contributed by atoms with Gasteiger partial charge in [-0.2, -0.15) is 0 Å². The number of hydrogen-bond donors (Lipinski definition) is 1. The molecule has 1 aromatic rings. The zero-order valence-electron chi connectivity index (χ0n) is 12.3. The summed E-state index contributed by atoms with van der Waals surface area (Å²) < 4.78 is 30.7. The molecule has 0 atom stereocenters. The third-order valence-corrected chi connectivity index (χ3v) is 4.84. The lowest BCUT2D eigenvalue weighted by Crippen LogP contribution is -2.27. The van der Waals surface area contributed by atoms with Crippen LogP contribution in [0.25, 0.3) is 0 Å². The van der Waals surface area contributed by atoms with Crippen LogP contribution in [0.1, 0.15) is 29.2 Å². The van der Waals surface area contributed by atoms with Crippen molar-refractivity contribution in [1.29, 1.82) is 0 Å². The third kappa shape index (κ3) is 3.94. The van der Waals surface area contributed by atoms with E-state index in [1.54, 1.807) is 14.0 Å². The van der Waals surface area contributed by atoms with E-state index in [1.807, 2.05) is 20.8 Å². The Morgan fingerprint density at radius 2 is 1.84 bits per heavy atom. The molecule has 108 valence electrons. The highest BCUT2D eigenvalue weighted by atomic mass is 32.2. The first-order chi connectivity index (χ1) is 8.82. The van der Waals surface area contributed by atoms with Gasteiger partial charge in [0.15, 0.2) is 0 Å². The molecule has 0 radical (unpaired) electrons. The molecule has 0 aliphatic rings. The van der Waals surface area contributed by atoms with Crippen LogP contribution in [0.2, 0.25) is 0 Å². The molecule has 0 heterocycles. The lowest BCUT2D eigenvalue weighted by molar-refractivity contribution is 0.408. The number of benzene rings is 1. The largest absolute Gasteiger partial charge is 0.496 e. The molecule has 0 bridgehead atoms. The van der Waals surface area contributed by atoms with Gasteiger partial charge in [-0.1, -0.05) is 6.07 Å². The van der Waals surface area contributed by atoms with Crippen molar-refractivity contribution in [3.05, 3.63) is 28.3 Å². The molecule has 19 heavy (non-hydrogen) atoms. The molecule has 5 heteroatoms. The van der Waals surface area contributed by atoms with E-state index in [-0.39, 0.29) is 5.75 Å². The molecular formula is C14H23NO3S. The number of rotatable bonds is 6. The van der Waals surface area contributed by atoms with Crippen LogP contribution in [0.4, 0.5) is 0 Å². The predicted octanol–water partition coefficient (Wildman–Crippen LogP) is 2.10. The van der Waals surface area contributed by atoms with Crippen molar-refractivity contribution in [1.82, 2.24) is 4.72 Å². The molecule has 0 saturated carbocycles. The summed E-state index contributed by atoms with van der Waals surface area (Å²) in [5, 5.41) is 0. The standard InChI is InChI=1S/C14H23NO3S/c1-6-19(16,17)15-8-7-13-9-10(2)14(18-5)12(4)11(13)3/h9,15H,6-8H2,1-5H3. The molecule has 0 amide bonds. The Balaban J connectivity index is 2.86. The Morgan fingerprint density at radius 1 is 1.21 bits per heavy atom. The minimum Gasteiger partial charge on any atom is -0.496 e. The molecule has 1 aromatic carbocycles. The van der Waals surface area contributed by atoms with Crippen LogP contribution in [0.15, 0.2) is 6.07 Å². The van der Waals surface area contributed by atoms with E-state index >= 15 is 0 Å². The molecule has 0 saturated heterocycles. The van der Waals surface area contributed by atoms with E-state index in [9.17, 15) is 8.42 Å². The molecule has 1 rings (SSSR count). The SMILES string of the molecule is CCS(=O)(=O)NCCc1cc(C)c(OC)c(C)c1C. The first-order valence-corrected chi connectivity index (χ1v) is 8.08. The van der Waals surface area contributed by atoms with Crippen LogP contribution < -0.4 is 9.46 Å². The number of methoxy groups -OCH3 is 1. The summed E-state index contributed by atoms with van der Waals surface area (Å²) in [5.41, 5.74) is 4.53. The van der Waals surface area contributed by atoms with Gasteiger partial charge >= 0.3 is 0 Å². The van der Waals surface area contributed by atoms with Gasteiger partial charge in [0, 0.05) is 6.54 Å². The number of hydrogen-bond acceptors (Lipinski definition) is 3. The smallest absolute Gasteiger partial charge is 0.211 e. The van der Waals surface area contributed by atoms with Crippen LogP contribution in [-0.2, 0) is 16.4 Å². The predicted molar refractivity (Wildman–Crippen MR) is 78.4 cm³/mol. The zero-order chi connectivity index (χ0) is 14.6. The highest BCUT2D eigenvalue weighted by Gasteiger charge is 2.11. The second-order valence-electron chi connectivity index (χ2n) is 4.68. The molecule has 0 fully saturated rings. The van der Waals surface area contributed by atoms with Gasteiger partial charge in [-0.15, -0.1) is 0 Å². The molecule has 4 nitrogen and oxygen atoms in total. The summed E-state index contributed by atoms with van der Waals surface area (Å²) in [7, 11) is -1.44. The van der Waals surface area contributed by atoms with Gasteiger partial charge in [-0.25, -0.2) is 13.1 Å². The van der Waals surface area contributed by atoms with Crippen molar-refractivity contribution >= 4 is 10.0 Å². The van der Waals surface area contributed by atoms with Crippen molar-refractivity contribution in [3.8, 4) is 5.75 Å². The molecule has 0 aliphatic heterocycles. The van der Waals surface area contributed by atoms with Gasteiger partial charge in [0.1, 0.15) is 5.75 Å². The molecule has 0 spiro atoms. The molecule has 1 N–H and O–H groups in total. The highest BCUT2D eigenvalue weighted by Crippen LogP contribution is 2.28. The lowest BCUT2D eigenvalue weighted by Gasteiger charge is -2.15. The average Bonchev–Trinajstić information content (AvgIpc) is 2.36. The Bertz CT molecular complexity index is 550. The number of aryl methyl sites for hydroxylation is 1. The Hall–Kier alpha value is -1.07. The van der Waals surface area contributed by atoms with Crippen molar-refractivity contribution in [2.24, 2.45) is 0 Å². The van der Waals surface area contributed by atoms with Crippen molar-refractivity contribution in [3.63, 3.8) is 0 Å². The summed E-state index contributed by atoms with van der Waals surface area (Å²) in [6.07, 6.45) is 0.691. The van der Waals surface area contributed by atoms with E-state index in [4.69, 9.17) is 4.74 Å². The summed E-state index contributed by atoms with van der Waals surface area (Å²) in [6.45, 7) is 8.14. The second-order valence-corrected chi connectivity index (χ2v) is 6.78. The third-order valence-electron chi connectivity index (χ3n) is 3.43. The molecular weight excluding hydrogens is 262 g/mol. The summed E-state index contributed by atoms with van der Waals surface area (Å²) in [5.74, 6) is 1.03. The summed E-state index contributed by atoms with van der Waals surface area (Å²) in [4.78, 5) is 0. The summed E-state index contributed by atoms with van der Waals surface area (Å²) >= 11 is 0. The Kier molecular flexibility index (Phi) is 5.38. The first-order valence-electron chi connectivity index (χ1n) is 6.43. The minimum atomic E-state index is -3.11. The Labute approximate surface area is 116 Å². The van der Waals surface area contributed by atoms with Gasteiger partial charge < -0.3 is 4.74 Å². The molecule has 0 unspecified atom stereocenters. The van der Waals surface area contributed by atoms with Crippen LogP contribution in [-0.4, -0.2) is 27.8 Å². The minimum absolute atomic E-state index is 0.118. The Morgan fingerprint density at radius 3 is 2.37 bits per heavy atom. The van der Waals surface area contributed by atoms with Gasteiger partial charge in [0.05, 0.1) is 12.9 Å². The maximum absolute atomic E-state index is 11.4. The fourth-order valence-electron chi connectivity index (χ4n) is 2.16. The van der Waals surface area contributed by atoms with E-state index in [1.165, 1.54) is 0 Å². The quantitative estimate of drug-likeness (QED) is 0.871. The molecule has 0 aliphatic carbocycles. The van der Waals surface area contributed by atoms with Gasteiger partial charge in [0.2, 0.25) is 10.0 Å². The van der Waals surface area contributed by atoms with Crippen LogP contribution in [0, 0.1) is 20.8 Å². The van der Waals surface area contributed by atoms with Crippen LogP contribution in [0.3, 0.4) is 0 Å². The van der Waals surface area contributed by atoms with E-state index < -0.39 is 10.0 Å².